The molecule has 0 fully saturated rings. The van der Waals surface area contributed by atoms with Gasteiger partial charge in [-0.25, -0.2) is 4.39 Å². The number of hydrogen-bond acceptors (Lipinski definition) is 3. The van der Waals surface area contributed by atoms with Crippen molar-refractivity contribution in [1.82, 2.24) is 5.32 Å². The van der Waals surface area contributed by atoms with Crippen LogP contribution in [0.2, 0.25) is 0 Å². The molecule has 88 valence electrons. The van der Waals surface area contributed by atoms with E-state index in [-0.39, 0.29) is 5.75 Å². The lowest BCUT2D eigenvalue weighted by Crippen LogP contribution is -2.16. The molecule has 0 saturated heterocycles. The van der Waals surface area contributed by atoms with Crippen molar-refractivity contribution in [1.29, 1.82) is 0 Å². The van der Waals surface area contributed by atoms with Crippen molar-refractivity contribution in [2.45, 2.75) is 13.0 Å². The summed E-state index contributed by atoms with van der Waals surface area (Å²) < 4.78 is 17.9. The first kappa shape index (κ1) is 12.5. The molecule has 1 aromatic carbocycles. The van der Waals surface area contributed by atoms with Crippen molar-refractivity contribution in [3.63, 3.8) is 0 Å². The van der Waals surface area contributed by atoms with E-state index in [4.69, 9.17) is 9.84 Å². The minimum atomic E-state index is -0.589. The first-order chi connectivity index (χ1) is 7.74. The van der Waals surface area contributed by atoms with Gasteiger partial charge in [0, 0.05) is 6.54 Å². The van der Waals surface area contributed by atoms with Crippen LogP contribution in [0.1, 0.15) is 12.0 Å². The maximum absolute atomic E-state index is 12.9. The zero-order valence-corrected chi connectivity index (χ0v) is 9.08. The Morgan fingerprint density at radius 3 is 3.00 bits per heavy atom. The van der Waals surface area contributed by atoms with Crippen LogP contribution in [-0.4, -0.2) is 18.3 Å². The summed E-state index contributed by atoms with van der Waals surface area (Å²) in [6, 6.07) is 4.36. The van der Waals surface area contributed by atoms with Crippen molar-refractivity contribution >= 4 is 0 Å². The van der Waals surface area contributed by atoms with Crippen molar-refractivity contribution < 1.29 is 14.2 Å². The molecule has 0 amide bonds. The van der Waals surface area contributed by atoms with E-state index in [1.807, 2.05) is 0 Å². The van der Waals surface area contributed by atoms with Gasteiger partial charge in [0.1, 0.15) is 0 Å². The van der Waals surface area contributed by atoms with Gasteiger partial charge < -0.3 is 15.2 Å². The highest BCUT2D eigenvalue weighted by atomic mass is 19.1. The second kappa shape index (κ2) is 6.85. The molecule has 0 aromatic heterocycles. The predicted molar refractivity (Wildman–Crippen MR) is 60.5 cm³/mol. The summed E-state index contributed by atoms with van der Waals surface area (Å²) >= 11 is 0. The lowest BCUT2D eigenvalue weighted by atomic mass is 10.2. The van der Waals surface area contributed by atoms with Crippen LogP contribution in [0, 0.1) is 5.82 Å². The van der Waals surface area contributed by atoms with Crippen LogP contribution in [0.3, 0.4) is 0 Å². The Bertz CT molecular complexity index is 342. The largest absolute Gasteiger partial charge is 0.505 e. The van der Waals surface area contributed by atoms with Gasteiger partial charge in [0.2, 0.25) is 0 Å². The molecule has 0 atom stereocenters. The van der Waals surface area contributed by atoms with Crippen LogP contribution in [0.15, 0.2) is 31.0 Å². The van der Waals surface area contributed by atoms with Crippen LogP contribution in [0.4, 0.5) is 4.39 Å². The molecule has 3 nitrogen and oxygen atoms in total. The maximum Gasteiger partial charge on any atom is 0.165 e. The Balaban J connectivity index is 2.21. The molecule has 0 unspecified atom stereocenters. The molecule has 0 spiro atoms. The van der Waals surface area contributed by atoms with Crippen LogP contribution in [0.25, 0.3) is 0 Å². The summed E-state index contributed by atoms with van der Waals surface area (Å²) in [4.78, 5) is 0. The summed E-state index contributed by atoms with van der Waals surface area (Å²) in [5, 5.41) is 12.1. The zero-order valence-electron chi connectivity index (χ0n) is 9.08. The number of hydrogen-bond donors (Lipinski definition) is 2. The maximum atomic E-state index is 12.9. The Morgan fingerprint density at radius 2 is 2.31 bits per heavy atom. The van der Waals surface area contributed by atoms with Gasteiger partial charge in [-0.05, 0) is 30.7 Å². The Hall–Kier alpha value is -1.55. The van der Waals surface area contributed by atoms with E-state index in [1.54, 1.807) is 6.07 Å². The van der Waals surface area contributed by atoms with E-state index in [9.17, 15) is 4.39 Å². The van der Waals surface area contributed by atoms with E-state index < -0.39 is 5.82 Å². The smallest absolute Gasteiger partial charge is 0.165 e. The molecule has 16 heavy (non-hydrogen) atoms. The fourth-order valence-electron chi connectivity index (χ4n) is 1.26. The number of halogens is 1. The summed E-state index contributed by atoms with van der Waals surface area (Å²) in [6.07, 6.45) is 2.28. The van der Waals surface area contributed by atoms with Crippen molar-refractivity contribution in [3.05, 3.63) is 42.4 Å². The fourth-order valence-corrected chi connectivity index (χ4v) is 1.26. The number of phenolic OH excluding ortho intramolecular Hbond substituents is 1. The highest BCUT2D eigenvalue weighted by Gasteiger charge is 2.00. The lowest BCUT2D eigenvalue weighted by molar-refractivity contribution is 0.244. The number of ether oxygens (including phenoxy) is 1. The van der Waals surface area contributed by atoms with E-state index in [2.05, 4.69) is 11.9 Å². The van der Waals surface area contributed by atoms with E-state index >= 15 is 0 Å². The molecular formula is C12H16FNO2. The van der Waals surface area contributed by atoms with E-state index in [0.717, 1.165) is 18.5 Å². The average molecular weight is 225 g/mol. The quantitative estimate of drug-likeness (QED) is 0.552. The van der Waals surface area contributed by atoms with E-state index in [1.165, 1.54) is 18.4 Å². The molecule has 2 N–H and O–H groups in total. The summed E-state index contributed by atoms with van der Waals surface area (Å²) in [5.74, 6) is -0.905. The standard InChI is InChI=1S/C12H16FNO2/c1-2-16-7-3-6-14-9-10-4-5-12(15)11(13)8-10/h2,4-5,8,14-15H,1,3,6-7,9H2. The van der Waals surface area contributed by atoms with Crippen molar-refractivity contribution in [2.75, 3.05) is 13.2 Å². The van der Waals surface area contributed by atoms with Gasteiger partial charge >= 0.3 is 0 Å². The molecule has 0 radical (unpaired) electrons. The molecule has 0 aliphatic carbocycles. The number of nitrogens with one attached hydrogen (secondary N) is 1. The fraction of sp³-hybridized carbons (Fsp3) is 0.333. The number of rotatable bonds is 7. The first-order valence-corrected chi connectivity index (χ1v) is 5.14. The first-order valence-electron chi connectivity index (χ1n) is 5.14. The molecule has 0 saturated carbocycles. The summed E-state index contributed by atoms with van der Waals surface area (Å²) in [7, 11) is 0. The van der Waals surface area contributed by atoms with Crippen LogP contribution in [0.5, 0.6) is 5.75 Å². The predicted octanol–water partition coefficient (Wildman–Crippen LogP) is 2.17. The third-order valence-corrected chi connectivity index (χ3v) is 2.07. The van der Waals surface area contributed by atoms with Crippen LogP contribution in [-0.2, 0) is 11.3 Å². The summed E-state index contributed by atoms with van der Waals surface area (Å²) in [5.41, 5.74) is 0.805. The zero-order chi connectivity index (χ0) is 11.8. The van der Waals surface area contributed by atoms with Gasteiger partial charge in [-0.2, -0.15) is 0 Å². The van der Waals surface area contributed by atoms with Crippen LogP contribution >= 0.6 is 0 Å². The minimum absolute atomic E-state index is 0.317. The number of benzene rings is 1. The average Bonchev–Trinajstić information content (AvgIpc) is 2.28. The molecule has 1 aromatic rings. The van der Waals surface area contributed by atoms with Gasteiger partial charge in [-0.1, -0.05) is 12.6 Å². The van der Waals surface area contributed by atoms with Gasteiger partial charge in [-0.15, -0.1) is 0 Å². The van der Waals surface area contributed by atoms with Gasteiger partial charge in [0.25, 0.3) is 0 Å². The minimum Gasteiger partial charge on any atom is -0.505 e. The summed E-state index contributed by atoms with van der Waals surface area (Å²) in [6.45, 7) is 5.42. The number of phenols is 1. The number of aromatic hydroxyl groups is 1. The molecule has 0 aliphatic rings. The van der Waals surface area contributed by atoms with Gasteiger partial charge in [0.05, 0.1) is 12.9 Å². The normalized spacial score (nSPS) is 10.1. The Morgan fingerprint density at radius 1 is 1.50 bits per heavy atom. The van der Waals surface area contributed by atoms with Gasteiger partial charge in [-0.3, -0.25) is 0 Å². The Labute approximate surface area is 94.6 Å². The lowest BCUT2D eigenvalue weighted by Gasteiger charge is -2.05. The molecule has 1 rings (SSSR count). The highest BCUT2D eigenvalue weighted by Crippen LogP contribution is 2.15. The van der Waals surface area contributed by atoms with E-state index in [0.29, 0.717) is 13.2 Å². The third kappa shape index (κ3) is 4.31. The topological polar surface area (TPSA) is 41.5 Å². The van der Waals surface area contributed by atoms with Gasteiger partial charge in [0.15, 0.2) is 11.6 Å². The van der Waals surface area contributed by atoms with Crippen LogP contribution < -0.4 is 5.32 Å². The molecule has 0 heterocycles. The second-order valence-corrected chi connectivity index (χ2v) is 3.35. The third-order valence-electron chi connectivity index (χ3n) is 2.07. The second-order valence-electron chi connectivity index (χ2n) is 3.35. The molecule has 4 heteroatoms. The molecular weight excluding hydrogens is 209 g/mol. The Kier molecular flexibility index (Phi) is 5.36. The van der Waals surface area contributed by atoms with Crippen molar-refractivity contribution in [3.8, 4) is 5.75 Å². The highest BCUT2D eigenvalue weighted by molar-refractivity contribution is 5.27. The monoisotopic (exact) mass is 225 g/mol. The SMILES string of the molecule is C=COCCCNCc1ccc(O)c(F)c1. The van der Waals surface area contributed by atoms with Crippen molar-refractivity contribution in [2.24, 2.45) is 0 Å². The molecule has 0 aliphatic heterocycles. The molecule has 0 bridgehead atoms.